The lowest BCUT2D eigenvalue weighted by atomic mass is 9.90. The first kappa shape index (κ1) is 17.0. The van der Waals surface area contributed by atoms with Crippen molar-refractivity contribution in [3.8, 4) is 0 Å². The lowest BCUT2D eigenvalue weighted by Crippen LogP contribution is -2.41. The van der Waals surface area contributed by atoms with E-state index in [0.29, 0.717) is 16.4 Å². The molecule has 0 aliphatic carbocycles. The second-order valence-corrected chi connectivity index (χ2v) is 6.22. The Hall–Kier alpha value is -2.33. The first-order chi connectivity index (χ1) is 10.8. The first-order valence-corrected chi connectivity index (χ1v) is 7.63. The van der Waals surface area contributed by atoms with Crippen molar-refractivity contribution in [1.82, 2.24) is 0 Å². The summed E-state index contributed by atoms with van der Waals surface area (Å²) in [6.07, 6.45) is 0. The van der Waals surface area contributed by atoms with Gasteiger partial charge in [-0.05, 0) is 50.6 Å². The average molecular weight is 331 g/mol. The Kier molecular flexibility index (Phi) is 5.06. The highest BCUT2D eigenvalue weighted by Gasteiger charge is 2.36. The third-order valence-corrected chi connectivity index (χ3v) is 4.09. The van der Waals surface area contributed by atoms with Crippen LogP contribution in [0, 0.1) is 12.3 Å². The minimum absolute atomic E-state index is 0.374. The maximum Gasteiger partial charge on any atom is 0.239 e. The number of carbonyl (C=O) groups is 2. The fraction of sp³-hybridized carbons (Fsp3) is 0.222. The van der Waals surface area contributed by atoms with Gasteiger partial charge in [-0.3, -0.25) is 9.59 Å². The Morgan fingerprint density at radius 3 is 2.17 bits per heavy atom. The Balaban J connectivity index is 2.13. The summed E-state index contributed by atoms with van der Waals surface area (Å²) in [7, 11) is 0. The van der Waals surface area contributed by atoms with Crippen LogP contribution in [0.2, 0.25) is 5.02 Å². The molecule has 0 saturated carbocycles. The van der Waals surface area contributed by atoms with Crippen LogP contribution in [0.25, 0.3) is 0 Å². The van der Waals surface area contributed by atoms with Crippen molar-refractivity contribution in [2.75, 3.05) is 10.6 Å². The van der Waals surface area contributed by atoms with Gasteiger partial charge >= 0.3 is 0 Å². The molecule has 2 amide bonds. The molecule has 0 aliphatic rings. The Labute approximate surface area is 140 Å². The molecular formula is C18H19ClN2O2. The molecule has 0 unspecified atom stereocenters. The maximum absolute atomic E-state index is 12.5. The normalized spacial score (nSPS) is 11.0. The van der Waals surface area contributed by atoms with Gasteiger partial charge < -0.3 is 10.6 Å². The molecule has 0 fully saturated rings. The van der Waals surface area contributed by atoms with E-state index in [2.05, 4.69) is 10.6 Å². The van der Waals surface area contributed by atoms with Crippen molar-refractivity contribution >= 4 is 34.8 Å². The van der Waals surface area contributed by atoms with Crippen molar-refractivity contribution < 1.29 is 9.59 Å². The highest BCUT2D eigenvalue weighted by Crippen LogP contribution is 2.26. The summed E-state index contributed by atoms with van der Waals surface area (Å²) in [6.45, 7) is 4.98. The van der Waals surface area contributed by atoms with Crippen molar-refractivity contribution in [3.05, 3.63) is 59.1 Å². The van der Waals surface area contributed by atoms with E-state index in [-0.39, 0.29) is 5.91 Å². The zero-order valence-corrected chi connectivity index (χ0v) is 14.1. The van der Waals surface area contributed by atoms with Crippen LogP contribution in [0.1, 0.15) is 19.4 Å². The summed E-state index contributed by atoms with van der Waals surface area (Å²) in [5.41, 5.74) is 0.784. The largest absolute Gasteiger partial charge is 0.325 e. The number of anilines is 2. The van der Waals surface area contributed by atoms with E-state index >= 15 is 0 Å². The minimum Gasteiger partial charge on any atom is -0.325 e. The van der Waals surface area contributed by atoms with Gasteiger partial charge in [0.05, 0.1) is 0 Å². The molecule has 5 heteroatoms. The van der Waals surface area contributed by atoms with Gasteiger partial charge in [-0.2, -0.15) is 0 Å². The predicted octanol–water partition coefficient (Wildman–Crippen LogP) is 4.25. The molecule has 2 rings (SSSR count). The Morgan fingerprint density at radius 1 is 0.913 bits per heavy atom. The fourth-order valence-corrected chi connectivity index (χ4v) is 2.11. The minimum atomic E-state index is -1.23. The zero-order valence-electron chi connectivity index (χ0n) is 13.3. The summed E-state index contributed by atoms with van der Waals surface area (Å²) in [5, 5.41) is 6.09. The molecule has 0 heterocycles. The number of benzene rings is 2. The Bertz CT molecular complexity index is 727. The molecule has 0 bridgehead atoms. The number of para-hydroxylation sites is 1. The summed E-state index contributed by atoms with van der Waals surface area (Å²) in [6, 6.07) is 14.3. The second-order valence-electron chi connectivity index (χ2n) is 5.81. The monoisotopic (exact) mass is 330 g/mol. The molecule has 0 aromatic heterocycles. The number of carbonyl (C=O) groups excluding carboxylic acids is 2. The van der Waals surface area contributed by atoms with Gasteiger partial charge in [0.15, 0.2) is 0 Å². The molecule has 4 nitrogen and oxygen atoms in total. The van der Waals surface area contributed by atoms with Crippen LogP contribution in [0.3, 0.4) is 0 Å². The van der Waals surface area contributed by atoms with Gasteiger partial charge in [-0.25, -0.2) is 0 Å². The van der Waals surface area contributed by atoms with Crippen LogP contribution in [-0.2, 0) is 9.59 Å². The van der Waals surface area contributed by atoms with E-state index in [9.17, 15) is 9.59 Å². The molecule has 0 aliphatic heterocycles. The predicted molar refractivity (Wildman–Crippen MR) is 93.7 cm³/mol. The van der Waals surface area contributed by atoms with Gasteiger partial charge in [-0.1, -0.05) is 35.9 Å². The molecule has 0 spiro atoms. The molecule has 0 radical (unpaired) electrons. The quantitative estimate of drug-likeness (QED) is 0.823. The van der Waals surface area contributed by atoms with Crippen LogP contribution in [0.5, 0.6) is 0 Å². The van der Waals surface area contributed by atoms with Gasteiger partial charge in [0, 0.05) is 16.4 Å². The van der Waals surface area contributed by atoms with E-state index in [1.807, 2.05) is 25.1 Å². The third kappa shape index (κ3) is 3.90. The van der Waals surface area contributed by atoms with Crippen LogP contribution < -0.4 is 10.6 Å². The average Bonchev–Trinajstić information content (AvgIpc) is 2.52. The van der Waals surface area contributed by atoms with Gasteiger partial charge in [-0.15, -0.1) is 0 Å². The van der Waals surface area contributed by atoms with E-state index in [1.165, 1.54) is 0 Å². The number of halogens is 1. The van der Waals surface area contributed by atoms with E-state index in [4.69, 9.17) is 11.6 Å². The van der Waals surface area contributed by atoms with Crippen LogP contribution in [-0.4, -0.2) is 11.8 Å². The molecule has 0 atom stereocenters. The number of hydrogen-bond acceptors (Lipinski definition) is 2. The number of nitrogens with one attached hydrogen (secondary N) is 2. The summed E-state index contributed by atoms with van der Waals surface area (Å²) < 4.78 is 0. The van der Waals surface area contributed by atoms with E-state index in [0.717, 1.165) is 5.56 Å². The van der Waals surface area contributed by atoms with E-state index < -0.39 is 11.3 Å². The molecule has 120 valence electrons. The molecule has 2 aromatic carbocycles. The SMILES string of the molecule is Cc1c(Cl)cccc1NC(=O)C(C)(C)C(=O)Nc1ccccc1. The fourth-order valence-electron chi connectivity index (χ4n) is 1.93. The van der Waals surface area contributed by atoms with Crippen molar-refractivity contribution in [3.63, 3.8) is 0 Å². The van der Waals surface area contributed by atoms with Crippen molar-refractivity contribution in [2.45, 2.75) is 20.8 Å². The maximum atomic E-state index is 12.5. The van der Waals surface area contributed by atoms with Crippen LogP contribution in [0.15, 0.2) is 48.5 Å². The van der Waals surface area contributed by atoms with Gasteiger partial charge in [0.1, 0.15) is 5.41 Å². The lowest BCUT2D eigenvalue weighted by molar-refractivity contribution is -0.135. The van der Waals surface area contributed by atoms with Gasteiger partial charge in [0.2, 0.25) is 11.8 Å². The summed E-state index contributed by atoms with van der Waals surface area (Å²) >= 11 is 6.05. The summed E-state index contributed by atoms with van der Waals surface area (Å²) in [4.78, 5) is 24.9. The molecule has 23 heavy (non-hydrogen) atoms. The number of hydrogen-bond donors (Lipinski definition) is 2. The standard InChI is InChI=1S/C18H19ClN2O2/c1-12-14(19)10-7-11-15(12)21-17(23)18(2,3)16(22)20-13-8-5-4-6-9-13/h4-11H,1-3H3,(H,20,22)(H,21,23). The smallest absolute Gasteiger partial charge is 0.239 e. The number of rotatable bonds is 4. The summed E-state index contributed by atoms with van der Waals surface area (Å²) in [5.74, 6) is -0.767. The lowest BCUT2D eigenvalue weighted by Gasteiger charge is -2.23. The number of amides is 2. The van der Waals surface area contributed by atoms with Gasteiger partial charge in [0.25, 0.3) is 0 Å². The first-order valence-electron chi connectivity index (χ1n) is 7.25. The zero-order chi connectivity index (χ0) is 17.0. The van der Waals surface area contributed by atoms with Crippen LogP contribution in [0.4, 0.5) is 11.4 Å². The topological polar surface area (TPSA) is 58.2 Å². The molecule has 2 N–H and O–H groups in total. The van der Waals surface area contributed by atoms with Crippen molar-refractivity contribution in [1.29, 1.82) is 0 Å². The Morgan fingerprint density at radius 2 is 1.52 bits per heavy atom. The second kappa shape index (κ2) is 6.84. The van der Waals surface area contributed by atoms with Crippen LogP contribution >= 0.6 is 11.6 Å². The van der Waals surface area contributed by atoms with Crippen molar-refractivity contribution in [2.24, 2.45) is 5.41 Å². The molecule has 0 saturated heterocycles. The molecular weight excluding hydrogens is 312 g/mol. The van der Waals surface area contributed by atoms with E-state index in [1.54, 1.807) is 44.2 Å². The highest BCUT2D eigenvalue weighted by molar-refractivity contribution is 6.31. The highest BCUT2D eigenvalue weighted by atomic mass is 35.5. The third-order valence-electron chi connectivity index (χ3n) is 3.68. The molecule has 2 aromatic rings.